The molecule has 0 aromatic carbocycles. The largest absolute Gasteiger partial charge is 0.355 e. The Hall–Kier alpha value is -1.13. The van der Waals surface area contributed by atoms with Crippen LogP contribution in [0.3, 0.4) is 0 Å². The second kappa shape index (κ2) is 8.12. The van der Waals surface area contributed by atoms with E-state index in [0.29, 0.717) is 6.04 Å². The van der Waals surface area contributed by atoms with Crippen molar-refractivity contribution in [3.63, 3.8) is 0 Å². The summed E-state index contributed by atoms with van der Waals surface area (Å²) in [6.07, 6.45) is 3.02. The van der Waals surface area contributed by atoms with Crippen molar-refractivity contribution in [2.75, 3.05) is 45.7 Å². The second-order valence-electron chi connectivity index (χ2n) is 5.22. The molecule has 19 heavy (non-hydrogen) atoms. The van der Waals surface area contributed by atoms with Gasteiger partial charge in [-0.05, 0) is 40.6 Å². The summed E-state index contributed by atoms with van der Waals surface area (Å²) in [6.45, 7) is 7.50. The molecule has 1 heterocycles. The average molecular weight is 264 g/mol. The van der Waals surface area contributed by atoms with Crippen molar-refractivity contribution in [1.29, 1.82) is 0 Å². The Balaban J connectivity index is 2.94. The Kier molecular flexibility index (Phi) is 6.81. The Morgan fingerprint density at radius 2 is 2.00 bits per heavy atom. The van der Waals surface area contributed by atoms with Crippen LogP contribution in [0, 0.1) is 0 Å². The molecular formula is C15H28N4. The number of hydrogen-bond donors (Lipinski definition) is 1. The van der Waals surface area contributed by atoms with Crippen LogP contribution in [0.4, 0.5) is 5.82 Å². The van der Waals surface area contributed by atoms with Gasteiger partial charge in [-0.25, -0.2) is 4.98 Å². The summed E-state index contributed by atoms with van der Waals surface area (Å²) in [7, 11) is 6.21. The second-order valence-corrected chi connectivity index (χ2v) is 5.22. The van der Waals surface area contributed by atoms with Crippen molar-refractivity contribution in [2.45, 2.75) is 26.3 Å². The third kappa shape index (κ3) is 4.80. The zero-order chi connectivity index (χ0) is 14.3. The van der Waals surface area contributed by atoms with E-state index in [1.54, 1.807) is 0 Å². The molecule has 0 amide bonds. The van der Waals surface area contributed by atoms with Crippen molar-refractivity contribution in [2.24, 2.45) is 0 Å². The molecule has 0 saturated carbocycles. The van der Waals surface area contributed by atoms with Gasteiger partial charge in [-0.2, -0.15) is 0 Å². The highest BCUT2D eigenvalue weighted by Gasteiger charge is 2.15. The van der Waals surface area contributed by atoms with Gasteiger partial charge in [0, 0.05) is 37.4 Å². The first-order chi connectivity index (χ1) is 9.10. The van der Waals surface area contributed by atoms with Gasteiger partial charge in [-0.15, -0.1) is 0 Å². The lowest BCUT2D eigenvalue weighted by Crippen LogP contribution is -2.34. The standard InChI is InChI=1S/C15H28N4/c1-6-10-19(12-11-18(4)5)15-14(13(2)16-3)8-7-9-17-15/h7-9,13,16H,6,10-12H2,1-5H3. The number of likely N-dealkylation sites (N-methyl/N-ethyl adjacent to an activating group) is 1. The van der Waals surface area contributed by atoms with E-state index in [1.165, 1.54) is 5.56 Å². The van der Waals surface area contributed by atoms with Gasteiger partial charge < -0.3 is 15.1 Å². The van der Waals surface area contributed by atoms with Gasteiger partial charge >= 0.3 is 0 Å². The molecule has 1 rings (SSSR count). The fourth-order valence-corrected chi connectivity index (χ4v) is 2.08. The molecule has 0 aliphatic heterocycles. The normalized spacial score (nSPS) is 12.7. The van der Waals surface area contributed by atoms with Crippen LogP contribution < -0.4 is 10.2 Å². The molecule has 0 fully saturated rings. The van der Waals surface area contributed by atoms with Gasteiger partial charge in [0.05, 0.1) is 0 Å². The van der Waals surface area contributed by atoms with E-state index in [2.05, 4.69) is 54.1 Å². The fraction of sp³-hybridized carbons (Fsp3) is 0.667. The molecule has 0 saturated heterocycles. The lowest BCUT2D eigenvalue weighted by Gasteiger charge is -2.28. The van der Waals surface area contributed by atoms with Crippen LogP contribution >= 0.6 is 0 Å². The lowest BCUT2D eigenvalue weighted by molar-refractivity contribution is 0.412. The third-order valence-electron chi connectivity index (χ3n) is 3.33. The van der Waals surface area contributed by atoms with Crippen molar-refractivity contribution >= 4 is 5.82 Å². The Morgan fingerprint density at radius 3 is 2.58 bits per heavy atom. The molecule has 0 aliphatic carbocycles. The Morgan fingerprint density at radius 1 is 1.26 bits per heavy atom. The topological polar surface area (TPSA) is 31.4 Å². The predicted molar refractivity (Wildman–Crippen MR) is 82.8 cm³/mol. The predicted octanol–water partition coefficient (Wildman–Crippen LogP) is 2.14. The van der Waals surface area contributed by atoms with Gasteiger partial charge in [0.15, 0.2) is 0 Å². The highest BCUT2D eigenvalue weighted by atomic mass is 15.2. The van der Waals surface area contributed by atoms with Crippen molar-refractivity contribution < 1.29 is 0 Å². The number of anilines is 1. The summed E-state index contributed by atoms with van der Waals surface area (Å²) in [5, 5.41) is 3.31. The molecule has 0 bridgehead atoms. The fourth-order valence-electron chi connectivity index (χ4n) is 2.08. The van der Waals surface area contributed by atoms with E-state index in [0.717, 1.165) is 31.9 Å². The van der Waals surface area contributed by atoms with E-state index in [1.807, 2.05) is 19.3 Å². The van der Waals surface area contributed by atoms with Crippen molar-refractivity contribution in [3.8, 4) is 0 Å². The van der Waals surface area contributed by atoms with Gasteiger partial charge in [-0.1, -0.05) is 13.0 Å². The molecule has 108 valence electrons. The number of nitrogens with one attached hydrogen (secondary N) is 1. The molecule has 1 N–H and O–H groups in total. The summed E-state index contributed by atoms with van der Waals surface area (Å²) >= 11 is 0. The van der Waals surface area contributed by atoms with E-state index in [4.69, 9.17) is 0 Å². The maximum Gasteiger partial charge on any atom is 0.133 e. The molecule has 0 radical (unpaired) electrons. The number of pyridine rings is 1. The summed E-state index contributed by atoms with van der Waals surface area (Å²) < 4.78 is 0. The van der Waals surface area contributed by atoms with Gasteiger partial charge in [0.1, 0.15) is 5.82 Å². The number of nitrogens with zero attached hydrogens (tertiary/aromatic N) is 3. The molecule has 0 spiro atoms. The molecule has 4 heteroatoms. The molecule has 1 aromatic heterocycles. The first kappa shape index (κ1) is 15.9. The first-order valence-electron chi connectivity index (χ1n) is 7.12. The molecule has 0 aliphatic rings. The average Bonchev–Trinajstić information content (AvgIpc) is 2.42. The first-order valence-corrected chi connectivity index (χ1v) is 7.12. The number of hydrogen-bond acceptors (Lipinski definition) is 4. The van der Waals surface area contributed by atoms with Gasteiger partial charge in [0.25, 0.3) is 0 Å². The van der Waals surface area contributed by atoms with Gasteiger partial charge in [0.2, 0.25) is 0 Å². The van der Waals surface area contributed by atoms with Crippen LogP contribution in [0.25, 0.3) is 0 Å². The Bertz CT molecular complexity index is 365. The SMILES string of the molecule is CCCN(CCN(C)C)c1ncccc1C(C)NC. The monoisotopic (exact) mass is 264 g/mol. The minimum atomic E-state index is 0.322. The minimum Gasteiger partial charge on any atom is -0.355 e. The molecule has 4 nitrogen and oxygen atoms in total. The summed E-state index contributed by atoms with van der Waals surface area (Å²) in [4.78, 5) is 9.22. The summed E-state index contributed by atoms with van der Waals surface area (Å²) in [5.41, 5.74) is 1.28. The van der Waals surface area contributed by atoms with Crippen LogP contribution in [-0.2, 0) is 0 Å². The minimum absolute atomic E-state index is 0.322. The maximum absolute atomic E-state index is 4.61. The molecule has 1 unspecified atom stereocenters. The van der Waals surface area contributed by atoms with Crippen LogP contribution in [0.1, 0.15) is 31.9 Å². The van der Waals surface area contributed by atoms with Crippen LogP contribution in [-0.4, -0.2) is 50.7 Å². The highest BCUT2D eigenvalue weighted by molar-refractivity contribution is 5.48. The summed E-state index contributed by atoms with van der Waals surface area (Å²) in [5.74, 6) is 1.12. The molecular weight excluding hydrogens is 236 g/mol. The van der Waals surface area contributed by atoms with E-state index < -0.39 is 0 Å². The molecule has 1 atom stereocenters. The third-order valence-corrected chi connectivity index (χ3v) is 3.33. The highest BCUT2D eigenvalue weighted by Crippen LogP contribution is 2.23. The Labute approximate surface area is 117 Å². The van der Waals surface area contributed by atoms with Crippen LogP contribution in [0.2, 0.25) is 0 Å². The van der Waals surface area contributed by atoms with Gasteiger partial charge in [-0.3, -0.25) is 0 Å². The summed E-state index contributed by atoms with van der Waals surface area (Å²) in [6, 6.07) is 4.51. The van der Waals surface area contributed by atoms with Crippen molar-refractivity contribution in [1.82, 2.24) is 15.2 Å². The lowest BCUT2D eigenvalue weighted by atomic mass is 10.1. The number of aromatic nitrogens is 1. The zero-order valence-corrected chi connectivity index (χ0v) is 13.0. The van der Waals surface area contributed by atoms with Crippen LogP contribution in [0.15, 0.2) is 18.3 Å². The zero-order valence-electron chi connectivity index (χ0n) is 13.0. The van der Waals surface area contributed by atoms with Crippen LogP contribution in [0.5, 0.6) is 0 Å². The van der Waals surface area contributed by atoms with E-state index >= 15 is 0 Å². The van der Waals surface area contributed by atoms with Crippen molar-refractivity contribution in [3.05, 3.63) is 23.9 Å². The smallest absolute Gasteiger partial charge is 0.133 e. The quantitative estimate of drug-likeness (QED) is 0.779. The van der Waals surface area contributed by atoms with E-state index in [-0.39, 0.29) is 0 Å². The number of rotatable bonds is 8. The molecule has 1 aromatic rings. The maximum atomic E-state index is 4.61. The van der Waals surface area contributed by atoms with E-state index in [9.17, 15) is 0 Å².